The molecule has 1 fully saturated rings. The number of hydrogen-bond acceptors (Lipinski definition) is 7. The molecule has 1 aromatic carbocycles. The highest BCUT2D eigenvalue weighted by Gasteiger charge is 2.33. The van der Waals surface area contributed by atoms with Gasteiger partial charge in [-0.25, -0.2) is 9.37 Å². The van der Waals surface area contributed by atoms with Crippen LogP contribution in [0.3, 0.4) is 0 Å². The van der Waals surface area contributed by atoms with E-state index in [9.17, 15) is 14.4 Å². The lowest BCUT2D eigenvalue weighted by Crippen LogP contribution is -2.41. The van der Waals surface area contributed by atoms with Crippen LogP contribution in [0, 0.1) is 5.82 Å². The van der Waals surface area contributed by atoms with Gasteiger partial charge in [0.25, 0.3) is 11.5 Å². The predicted octanol–water partition coefficient (Wildman–Crippen LogP) is 4.51. The lowest BCUT2D eigenvalue weighted by molar-refractivity contribution is -0.142. The second-order valence-corrected chi connectivity index (χ2v) is 12.6. The highest BCUT2D eigenvalue weighted by Crippen LogP contribution is 2.43. The number of benzene rings is 1. The molecule has 0 saturated carbocycles. The molecule has 11 heteroatoms. The number of anilines is 2. The van der Waals surface area contributed by atoms with Gasteiger partial charge in [-0.3, -0.25) is 14.4 Å². The van der Waals surface area contributed by atoms with E-state index in [0.29, 0.717) is 58.3 Å². The smallest absolute Gasteiger partial charge is 0.302 e. The van der Waals surface area contributed by atoms with Gasteiger partial charge in [-0.05, 0) is 79.3 Å². The van der Waals surface area contributed by atoms with Crippen molar-refractivity contribution >= 4 is 23.4 Å². The molecule has 238 valence electrons. The van der Waals surface area contributed by atoms with Crippen LogP contribution in [-0.2, 0) is 42.6 Å². The highest BCUT2D eigenvalue weighted by atomic mass is 19.1. The number of pyridine rings is 2. The third kappa shape index (κ3) is 5.38. The van der Waals surface area contributed by atoms with Crippen LogP contribution in [0.5, 0.6) is 0 Å². The van der Waals surface area contributed by atoms with Gasteiger partial charge in [-0.2, -0.15) is 0 Å². The summed E-state index contributed by atoms with van der Waals surface area (Å²) < 4.78 is 24.8. The Hall–Kier alpha value is -4.77. The lowest BCUT2D eigenvalue weighted by Gasteiger charge is -2.36. The average Bonchev–Trinajstić information content (AvgIpc) is 3.36. The molecular weight excluding hydrogens is 587 g/mol. The molecule has 0 spiro atoms. The summed E-state index contributed by atoms with van der Waals surface area (Å²) in [5, 5.41) is 6.12. The standard InChI is InChI=1S/C35H37FN6O4/c1-20(43)46-19-28-26(13-24(36)14-27(28)32-25-6-4-5-7-30(25)42-11-10-37-34(44)33(32)42)22-12-29(35(45)41(3)18-22)39-31-9-8-21(15-38-31)23-16-40(2)17-23/h8-9,12-15,18,23H,4-7,10-11,16-17,19H2,1-3H3,(H,37,44)(H,38,39). The van der Waals surface area contributed by atoms with Crippen LogP contribution in [0.1, 0.15) is 58.6 Å². The van der Waals surface area contributed by atoms with Gasteiger partial charge in [-0.1, -0.05) is 6.07 Å². The SMILES string of the molecule is CC(=O)OCc1c(-c2cc(Nc3ccc(C4CN(C)C4)cn3)c(=O)n(C)c2)cc(F)cc1-c1c2c(n3c1C(=O)NCC3)CCCC2. The Morgan fingerprint density at radius 1 is 1.11 bits per heavy atom. The number of aromatic nitrogens is 3. The maximum Gasteiger partial charge on any atom is 0.302 e. The first kappa shape index (κ1) is 29.9. The normalized spacial score (nSPS) is 16.3. The first-order chi connectivity index (χ1) is 22.2. The third-order valence-corrected chi connectivity index (χ3v) is 9.39. The van der Waals surface area contributed by atoms with Crippen molar-refractivity contribution in [1.29, 1.82) is 0 Å². The van der Waals surface area contributed by atoms with E-state index < -0.39 is 11.8 Å². The van der Waals surface area contributed by atoms with Crippen molar-refractivity contribution in [2.24, 2.45) is 7.05 Å². The van der Waals surface area contributed by atoms with Crippen LogP contribution >= 0.6 is 0 Å². The second-order valence-electron chi connectivity index (χ2n) is 12.6. The molecule has 2 N–H and O–H groups in total. The summed E-state index contributed by atoms with van der Waals surface area (Å²) in [6, 6.07) is 8.38. The quantitative estimate of drug-likeness (QED) is 0.291. The highest BCUT2D eigenvalue weighted by molar-refractivity contribution is 6.02. The molecule has 3 aromatic heterocycles. The summed E-state index contributed by atoms with van der Waals surface area (Å²) in [7, 11) is 3.72. The molecule has 4 aromatic rings. The van der Waals surface area contributed by atoms with Crippen LogP contribution in [0.15, 0.2) is 47.5 Å². The number of rotatable bonds is 7. The number of nitrogens with one attached hydrogen (secondary N) is 2. The van der Waals surface area contributed by atoms with E-state index >= 15 is 4.39 Å². The van der Waals surface area contributed by atoms with Crippen LogP contribution in [0.2, 0.25) is 0 Å². The van der Waals surface area contributed by atoms with Gasteiger partial charge >= 0.3 is 5.97 Å². The number of halogens is 1. The minimum absolute atomic E-state index is 0.133. The fourth-order valence-electron chi connectivity index (χ4n) is 7.17. The predicted molar refractivity (Wildman–Crippen MR) is 173 cm³/mol. The second kappa shape index (κ2) is 11.9. The first-order valence-corrected chi connectivity index (χ1v) is 15.8. The van der Waals surface area contributed by atoms with Crippen molar-refractivity contribution in [3.05, 3.63) is 87.0 Å². The van der Waals surface area contributed by atoms with Gasteiger partial charge < -0.3 is 29.4 Å². The molecule has 1 saturated heterocycles. The molecule has 0 atom stereocenters. The summed E-state index contributed by atoms with van der Waals surface area (Å²) >= 11 is 0. The molecular formula is C35H37FN6O4. The molecule has 2 aliphatic heterocycles. The van der Waals surface area contributed by atoms with E-state index in [1.165, 1.54) is 23.6 Å². The van der Waals surface area contributed by atoms with Gasteiger partial charge in [0.15, 0.2) is 0 Å². The Morgan fingerprint density at radius 2 is 1.89 bits per heavy atom. The number of fused-ring (bicyclic) bond motifs is 3. The number of carbonyl (C=O) groups excluding carboxylic acids is 2. The van der Waals surface area contributed by atoms with E-state index in [1.54, 1.807) is 19.3 Å². The van der Waals surface area contributed by atoms with Gasteiger partial charge in [0.2, 0.25) is 0 Å². The number of likely N-dealkylation sites (N-methyl/N-ethyl adjacent to an activating group) is 1. The zero-order valence-electron chi connectivity index (χ0n) is 26.3. The topological polar surface area (TPSA) is 110 Å². The maximum atomic E-state index is 15.7. The largest absolute Gasteiger partial charge is 0.461 e. The Kier molecular flexibility index (Phi) is 7.72. The van der Waals surface area contributed by atoms with Crippen LogP contribution < -0.4 is 16.2 Å². The minimum Gasteiger partial charge on any atom is -0.461 e. The Balaban J connectivity index is 1.35. The summed E-state index contributed by atoms with van der Waals surface area (Å²) in [6.45, 7) is 4.35. The number of carbonyl (C=O) groups is 2. The van der Waals surface area contributed by atoms with Crippen LogP contribution in [0.25, 0.3) is 22.3 Å². The van der Waals surface area contributed by atoms with Crippen molar-refractivity contribution in [2.45, 2.75) is 51.7 Å². The number of hydrogen-bond donors (Lipinski definition) is 2. The minimum atomic E-state index is -0.500. The van der Waals surface area contributed by atoms with E-state index in [2.05, 4.69) is 32.1 Å². The number of ether oxygens (including phenoxy) is 1. The molecule has 0 radical (unpaired) electrons. The molecule has 7 rings (SSSR count). The number of likely N-dealkylation sites (tertiary alicyclic amines) is 1. The van der Waals surface area contributed by atoms with Crippen LogP contribution in [0.4, 0.5) is 15.9 Å². The zero-order valence-corrected chi connectivity index (χ0v) is 26.3. The van der Waals surface area contributed by atoms with E-state index in [0.717, 1.165) is 55.6 Å². The summed E-state index contributed by atoms with van der Waals surface area (Å²) in [5.41, 5.74) is 6.61. The molecule has 0 bridgehead atoms. The lowest BCUT2D eigenvalue weighted by atomic mass is 9.86. The monoisotopic (exact) mass is 624 g/mol. The fraction of sp³-hybridized carbons (Fsp3) is 0.371. The summed E-state index contributed by atoms with van der Waals surface area (Å²) in [4.78, 5) is 45.5. The molecule has 1 amide bonds. The molecule has 3 aliphatic rings. The molecule has 0 unspecified atom stereocenters. The van der Waals surface area contributed by atoms with Crippen molar-refractivity contribution in [2.75, 3.05) is 32.0 Å². The summed E-state index contributed by atoms with van der Waals surface area (Å²) in [5.74, 6) is -0.214. The Morgan fingerprint density at radius 3 is 2.63 bits per heavy atom. The Bertz CT molecular complexity index is 1920. The van der Waals surface area contributed by atoms with Crippen molar-refractivity contribution < 1.29 is 18.7 Å². The van der Waals surface area contributed by atoms with E-state index in [1.807, 2.05) is 18.3 Å². The van der Waals surface area contributed by atoms with E-state index in [4.69, 9.17) is 4.74 Å². The Labute approximate surface area is 266 Å². The molecule has 1 aliphatic carbocycles. The molecule has 5 heterocycles. The van der Waals surface area contributed by atoms with Gasteiger partial charge in [0.1, 0.15) is 29.6 Å². The molecule has 10 nitrogen and oxygen atoms in total. The maximum absolute atomic E-state index is 15.7. The number of esters is 1. The van der Waals surface area contributed by atoms with Crippen molar-refractivity contribution in [3.8, 4) is 22.3 Å². The number of amides is 1. The summed E-state index contributed by atoms with van der Waals surface area (Å²) in [6.07, 6.45) is 7.09. The third-order valence-electron chi connectivity index (χ3n) is 9.39. The fourth-order valence-corrected chi connectivity index (χ4v) is 7.17. The number of nitrogens with zero attached hydrogens (tertiary/aromatic N) is 4. The van der Waals surface area contributed by atoms with E-state index in [-0.39, 0.29) is 23.8 Å². The van der Waals surface area contributed by atoms with Gasteiger partial charge in [-0.15, -0.1) is 0 Å². The van der Waals surface area contributed by atoms with Gasteiger partial charge in [0, 0.05) is 80.8 Å². The average molecular weight is 625 g/mol. The first-order valence-electron chi connectivity index (χ1n) is 15.8. The number of aryl methyl sites for hydroxylation is 1. The molecule has 46 heavy (non-hydrogen) atoms. The van der Waals surface area contributed by atoms with Gasteiger partial charge in [0.05, 0.1) is 0 Å². The van der Waals surface area contributed by atoms with Crippen molar-refractivity contribution in [3.63, 3.8) is 0 Å². The zero-order chi connectivity index (χ0) is 32.1. The van der Waals surface area contributed by atoms with Crippen molar-refractivity contribution in [1.82, 2.24) is 24.3 Å². The van der Waals surface area contributed by atoms with Crippen LogP contribution in [-0.4, -0.2) is 57.6 Å².